The van der Waals surface area contributed by atoms with Gasteiger partial charge < -0.3 is 15.1 Å². The smallest absolute Gasteiger partial charge is 0.353 e. The lowest BCUT2D eigenvalue weighted by atomic mass is 10.2. The molecule has 3 heterocycles. The first-order chi connectivity index (χ1) is 15.7. The molecule has 4 rings (SSSR count). The fourth-order valence-corrected chi connectivity index (χ4v) is 5.46. The minimum atomic E-state index is -4.81. The Balaban J connectivity index is 1.68. The van der Waals surface area contributed by atoms with Crippen molar-refractivity contribution in [3.8, 4) is 0 Å². The Morgan fingerprint density at radius 2 is 1.82 bits per heavy atom. The van der Waals surface area contributed by atoms with Gasteiger partial charge in [-0.2, -0.15) is 36.6 Å². The Bertz CT molecular complexity index is 1480. The summed E-state index contributed by atoms with van der Waals surface area (Å²) >= 11 is 0. The monoisotopic (exact) mass is 492 g/mol. The van der Waals surface area contributed by atoms with Gasteiger partial charge in [-0.3, -0.25) is 4.72 Å². The second-order valence-electron chi connectivity index (χ2n) is 6.97. The van der Waals surface area contributed by atoms with Crippen LogP contribution in [0.15, 0.2) is 53.1 Å². The molecule has 0 aliphatic rings. The summed E-state index contributed by atoms with van der Waals surface area (Å²) in [7, 11) is -7.20. The molecule has 0 atom stereocenters. The molecule has 0 aliphatic heterocycles. The highest BCUT2D eigenvalue weighted by molar-refractivity contribution is 8.66. The number of fused-ring (bicyclic) bond motifs is 1. The van der Waals surface area contributed by atoms with Gasteiger partial charge in [0.25, 0.3) is 0 Å². The molecule has 0 aliphatic carbocycles. The third kappa shape index (κ3) is 4.74. The van der Waals surface area contributed by atoms with Crippen LogP contribution >= 0.6 is 0 Å². The topological polar surface area (TPSA) is 175 Å². The van der Waals surface area contributed by atoms with E-state index in [0.29, 0.717) is 39.1 Å². The molecule has 0 radical (unpaired) electrons. The first kappa shape index (κ1) is 22.5. The molecule has 13 nitrogen and oxygen atoms in total. The summed E-state index contributed by atoms with van der Waals surface area (Å²) in [5.41, 5.74) is 1.68. The Morgan fingerprint density at radius 1 is 1.03 bits per heavy atom. The van der Waals surface area contributed by atoms with Crippen LogP contribution in [-0.2, 0) is 24.7 Å². The SMILES string of the molecule is CN(C)S(=O)(=O)S(=O)(=O)Nc1ccc(NCc2ccco2)nc1Nc1ccc2n[nH]nc2c1. The van der Waals surface area contributed by atoms with E-state index in [-0.39, 0.29) is 11.5 Å². The third-order valence-electron chi connectivity index (χ3n) is 4.46. The average molecular weight is 493 g/mol. The maximum atomic E-state index is 12.5. The van der Waals surface area contributed by atoms with Gasteiger partial charge in [0.1, 0.15) is 22.6 Å². The van der Waals surface area contributed by atoms with Crippen LogP contribution in [0.5, 0.6) is 0 Å². The fraction of sp³-hybridized carbons (Fsp3) is 0.167. The number of rotatable bonds is 9. The minimum absolute atomic E-state index is 0.0655. The Kier molecular flexibility index (Phi) is 5.92. The van der Waals surface area contributed by atoms with Gasteiger partial charge in [0.2, 0.25) is 0 Å². The van der Waals surface area contributed by atoms with Crippen LogP contribution in [0.1, 0.15) is 5.76 Å². The zero-order valence-corrected chi connectivity index (χ0v) is 19.1. The van der Waals surface area contributed by atoms with Crippen LogP contribution in [0.25, 0.3) is 11.0 Å². The number of nitrogens with one attached hydrogen (secondary N) is 4. The van der Waals surface area contributed by atoms with Crippen molar-refractivity contribution in [2.45, 2.75) is 6.54 Å². The van der Waals surface area contributed by atoms with Crippen LogP contribution in [0, 0.1) is 0 Å². The van der Waals surface area contributed by atoms with Crippen molar-refractivity contribution in [2.24, 2.45) is 0 Å². The molecule has 0 bridgehead atoms. The molecule has 15 heteroatoms. The summed E-state index contributed by atoms with van der Waals surface area (Å²) in [4.78, 5) is 4.40. The van der Waals surface area contributed by atoms with Crippen molar-refractivity contribution in [3.05, 3.63) is 54.5 Å². The first-order valence-electron chi connectivity index (χ1n) is 9.46. The summed E-state index contributed by atoms with van der Waals surface area (Å²) in [6, 6.07) is 11.5. The van der Waals surface area contributed by atoms with E-state index in [1.807, 2.05) is 0 Å². The van der Waals surface area contributed by atoms with Crippen molar-refractivity contribution < 1.29 is 21.3 Å². The van der Waals surface area contributed by atoms with E-state index in [1.54, 1.807) is 36.6 Å². The van der Waals surface area contributed by atoms with E-state index in [2.05, 4.69) is 35.8 Å². The average Bonchev–Trinajstić information content (AvgIpc) is 3.45. The van der Waals surface area contributed by atoms with Gasteiger partial charge in [0.15, 0.2) is 5.82 Å². The van der Waals surface area contributed by atoms with E-state index in [4.69, 9.17) is 4.42 Å². The molecule has 33 heavy (non-hydrogen) atoms. The zero-order chi connectivity index (χ0) is 23.6. The number of aromatic amines is 1. The molecule has 4 aromatic rings. The van der Waals surface area contributed by atoms with Gasteiger partial charge in [-0.05, 0) is 42.5 Å². The van der Waals surface area contributed by atoms with Crippen molar-refractivity contribution in [2.75, 3.05) is 29.5 Å². The van der Waals surface area contributed by atoms with Gasteiger partial charge >= 0.3 is 18.1 Å². The van der Waals surface area contributed by atoms with Gasteiger partial charge in [0, 0.05) is 19.8 Å². The molecule has 174 valence electrons. The minimum Gasteiger partial charge on any atom is -0.467 e. The molecule has 1 aromatic carbocycles. The van der Waals surface area contributed by atoms with E-state index >= 15 is 0 Å². The van der Waals surface area contributed by atoms with Crippen LogP contribution in [0.3, 0.4) is 0 Å². The maximum absolute atomic E-state index is 12.5. The van der Waals surface area contributed by atoms with Crippen molar-refractivity contribution >= 4 is 52.2 Å². The molecular formula is C18H20N8O5S2. The van der Waals surface area contributed by atoms with Crippen LogP contribution < -0.4 is 15.4 Å². The predicted molar refractivity (Wildman–Crippen MR) is 123 cm³/mol. The van der Waals surface area contributed by atoms with Crippen LogP contribution in [-0.4, -0.2) is 55.6 Å². The molecule has 3 aromatic heterocycles. The standard InChI is InChI=1S/C18H20N8O5S2/c1-26(2)33(29,30)32(27,28)24-15-7-8-17(19-11-13-4-3-9-31-13)21-18(15)20-12-5-6-14-16(10-12)23-25-22-14/h3-10,24H,11H2,1-2H3,(H2,19,20,21)(H,22,23,25). The summed E-state index contributed by atoms with van der Waals surface area (Å²) in [5.74, 6) is 1.14. The number of H-pyrrole nitrogens is 1. The maximum Gasteiger partial charge on any atom is 0.353 e. The molecule has 0 spiro atoms. The van der Waals surface area contributed by atoms with Crippen molar-refractivity contribution in [1.29, 1.82) is 0 Å². The number of furan rings is 1. The number of aromatic nitrogens is 4. The van der Waals surface area contributed by atoms with E-state index in [1.165, 1.54) is 12.1 Å². The quantitative estimate of drug-likeness (QED) is 0.252. The normalized spacial score (nSPS) is 12.2. The Labute approximate surface area is 188 Å². The van der Waals surface area contributed by atoms with Gasteiger partial charge in [-0.1, -0.05) is 0 Å². The second-order valence-corrected chi connectivity index (χ2v) is 12.3. The predicted octanol–water partition coefficient (Wildman–Crippen LogP) is 1.85. The van der Waals surface area contributed by atoms with Crippen molar-refractivity contribution in [3.63, 3.8) is 0 Å². The highest BCUT2D eigenvalue weighted by Crippen LogP contribution is 2.28. The highest BCUT2D eigenvalue weighted by atomic mass is 33.2. The number of hydrogen-bond donors (Lipinski definition) is 4. The molecule has 0 saturated heterocycles. The summed E-state index contributed by atoms with van der Waals surface area (Å²) in [5, 5.41) is 16.6. The number of anilines is 4. The van der Waals surface area contributed by atoms with Gasteiger partial charge in [-0.15, -0.1) is 0 Å². The first-order valence-corrected chi connectivity index (χ1v) is 12.9. The molecule has 0 fully saturated rings. The number of hydrogen-bond acceptors (Lipinski definition) is 10. The number of nitrogens with zero attached hydrogens (tertiary/aromatic N) is 4. The Morgan fingerprint density at radius 3 is 2.55 bits per heavy atom. The lowest BCUT2D eigenvalue weighted by molar-refractivity contribution is 0.518. The largest absolute Gasteiger partial charge is 0.467 e. The van der Waals surface area contributed by atoms with E-state index in [0.717, 1.165) is 14.1 Å². The molecule has 0 unspecified atom stereocenters. The number of benzene rings is 1. The van der Waals surface area contributed by atoms with Gasteiger partial charge in [0.05, 0.1) is 18.5 Å². The van der Waals surface area contributed by atoms with E-state index < -0.39 is 18.1 Å². The Hall–Kier alpha value is -3.69. The second kappa shape index (κ2) is 8.68. The molecular weight excluding hydrogens is 472 g/mol. The third-order valence-corrected chi connectivity index (χ3v) is 9.18. The van der Waals surface area contributed by atoms with Crippen molar-refractivity contribution in [1.82, 2.24) is 24.7 Å². The summed E-state index contributed by atoms with van der Waals surface area (Å²) in [6.07, 6.45) is 1.54. The van der Waals surface area contributed by atoms with Gasteiger partial charge in [-0.25, -0.2) is 4.98 Å². The van der Waals surface area contributed by atoms with Crippen LogP contribution in [0.4, 0.5) is 23.0 Å². The summed E-state index contributed by atoms with van der Waals surface area (Å²) < 4.78 is 57.5. The molecule has 0 saturated carbocycles. The highest BCUT2D eigenvalue weighted by Gasteiger charge is 2.33. The molecule has 0 amide bonds. The summed E-state index contributed by atoms with van der Waals surface area (Å²) in [6.45, 7) is 0.338. The lowest BCUT2D eigenvalue weighted by Crippen LogP contribution is -2.34. The lowest BCUT2D eigenvalue weighted by Gasteiger charge is -2.17. The molecule has 4 N–H and O–H groups in total. The van der Waals surface area contributed by atoms with E-state index in [9.17, 15) is 16.8 Å². The van der Waals surface area contributed by atoms with Crippen LogP contribution in [0.2, 0.25) is 0 Å². The zero-order valence-electron chi connectivity index (χ0n) is 17.5. The number of pyridine rings is 1. The fourth-order valence-electron chi connectivity index (χ4n) is 2.76.